The van der Waals surface area contributed by atoms with Crippen molar-refractivity contribution in [3.05, 3.63) is 218 Å². The number of hydrogen-bond donors (Lipinski definition) is 0. The molecule has 10 rings (SSSR count). The van der Waals surface area contributed by atoms with Gasteiger partial charge in [0.2, 0.25) is 0 Å². The van der Waals surface area contributed by atoms with E-state index in [-0.39, 0.29) is 0 Å². The molecule has 0 aliphatic rings. The molecule has 0 radical (unpaired) electrons. The normalized spacial score (nSPS) is 11.3. The minimum atomic E-state index is 1.12. The van der Waals surface area contributed by atoms with Crippen molar-refractivity contribution in [3.63, 3.8) is 0 Å². The molecule has 0 aliphatic heterocycles. The summed E-state index contributed by atoms with van der Waals surface area (Å²) in [5.74, 6) is 0. The standard InChI is InChI=1S/C52H36N2/c1-4-19-37(20-5-1)40-35-36-49(44-28-11-10-27-43(40)44)54(47-31-16-13-26-42(47)39-23-8-3-9-24-39)51-34-18-33-50-52(51)45-29-14-17-32-48(45)53(50)46-30-15-12-25-41(46)38-21-6-2-7-22-38/h1-36H. The van der Waals surface area contributed by atoms with Gasteiger partial charge in [-0.25, -0.2) is 0 Å². The first-order chi connectivity index (χ1) is 26.8. The molecule has 0 bridgehead atoms. The topological polar surface area (TPSA) is 8.17 Å². The van der Waals surface area contributed by atoms with E-state index in [1.165, 1.54) is 60.4 Å². The van der Waals surface area contributed by atoms with Crippen molar-refractivity contribution in [3.8, 4) is 39.1 Å². The van der Waals surface area contributed by atoms with Crippen LogP contribution in [0.3, 0.4) is 0 Å². The second-order valence-electron chi connectivity index (χ2n) is 13.7. The Morgan fingerprint density at radius 1 is 0.278 bits per heavy atom. The number of benzene rings is 9. The lowest BCUT2D eigenvalue weighted by Gasteiger charge is -2.30. The Balaban J connectivity index is 1.31. The average Bonchev–Trinajstić information content (AvgIpc) is 3.60. The summed E-state index contributed by atoms with van der Waals surface area (Å²) in [6.45, 7) is 0. The third-order valence-electron chi connectivity index (χ3n) is 10.6. The third kappa shape index (κ3) is 5.27. The Morgan fingerprint density at radius 3 is 1.50 bits per heavy atom. The van der Waals surface area contributed by atoms with Crippen LogP contribution in [0.4, 0.5) is 17.1 Å². The fourth-order valence-corrected chi connectivity index (χ4v) is 8.24. The molecule has 0 atom stereocenters. The Labute approximate surface area is 315 Å². The maximum absolute atomic E-state index is 2.50. The summed E-state index contributed by atoms with van der Waals surface area (Å²) in [5.41, 5.74) is 14.0. The molecule has 0 spiro atoms. The van der Waals surface area contributed by atoms with Crippen LogP contribution in [0.5, 0.6) is 0 Å². The van der Waals surface area contributed by atoms with E-state index in [9.17, 15) is 0 Å². The van der Waals surface area contributed by atoms with Gasteiger partial charge in [-0.2, -0.15) is 0 Å². The summed E-state index contributed by atoms with van der Waals surface area (Å²) in [7, 11) is 0. The predicted octanol–water partition coefficient (Wildman–Crippen LogP) is 14.4. The van der Waals surface area contributed by atoms with Gasteiger partial charge < -0.3 is 9.47 Å². The minimum absolute atomic E-state index is 1.12. The Hall–Kier alpha value is -7.16. The largest absolute Gasteiger partial charge is 0.309 e. The number of para-hydroxylation sites is 3. The molecular formula is C52H36N2. The monoisotopic (exact) mass is 688 g/mol. The van der Waals surface area contributed by atoms with Crippen molar-refractivity contribution in [2.45, 2.75) is 0 Å². The van der Waals surface area contributed by atoms with Crippen LogP contribution in [0.15, 0.2) is 218 Å². The number of aromatic nitrogens is 1. The summed E-state index contributed by atoms with van der Waals surface area (Å²) in [4.78, 5) is 2.50. The van der Waals surface area contributed by atoms with Gasteiger partial charge in [0.25, 0.3) is 0 Å². The first kappa shape index (κ1) is 31.6. The van der Waals surface area contributed by atoms with Crippen molar-refractivity contribution >= 4 is 49.6 Å². The number of fused-ring (bicyclic) bond motifs is 4. The zero-order valence-electron chi connectivity index (χ0n) is 29.7. The quantitative estimate of drug-likeness (QED) is 0.162. The van der Waals surface area contributed by atoms with Crippen LogP contribution >= 0.6 is 0 Å². The molecule has 0 unspecified atom stereocenters. The van der Waals surface area contributed by atoms with Gasteiger partial charge in [-0.1, -0.05) is 182 Å². The summed E-state index contributed by atoms with van der Waals surface area (Å²) in [6, 6.07) is 78.9. The van der Waals surface area contributed by atoms with Crippen LogP contribution in [0.1, 0.15) is 0 Å². The number of anilines is 3. The van der Waals surface area contributed by atoms with Gasteiger partial charge in [-0.15, -0.1) is 0 Å². The molecular weight excluding hydrogens is 653 g/mol. The van der Waals surface area contributed by atoms with Crippen LogP contribution in [0, 0.1) is 0 Å². The molecule has 0 aliphatic carbocycles. The highest BCUT2D eigenvalue weighted by Crippen LogP contribution is 2.49. The summed E-state index contributed by atoms with van der Waals surface area (Å²) >= 11 is 0. The van der Waals surface area contributed by atoms with E-state index in [4.69, 9.17) is 0 Å². The highest BCUT2D eigenvalue weighted by Gasteiger charge is 2.25. The number of hydrogen-bond acceptors (Lipinski definition) is 1. The van der Waals surface area contributed by atoms with Gasteiger partial charge >= 0.3 is 0 Å². The van der Waals surface area contributed by atoms with E-state index in [0.717, 1.165) is 28.3 Å². The molecule has 1 heterocycles. The van der Waals surface area contributed by atoms with Gasteiger partial charge in [-0.3, -0.25) is 0 Å². The zero-order chi connectivity index (χ0) is 35.8. The molecule has 0 fully saturated rings. The molecule has 10 aromatic rings. The van der Waals surface area contributed by atoms with E-state index < -0.39 is 0 Å². The van der Waals surface area contributed by atoms with E-state index >= 15 is 0 Å². The van der Waals surface area contributed by atoms with Gasteiger partial charge in [0, 0.05) is 27.3 Å². The van der Waals surface area contributed by atoms with E-state index in [0.29, 0.717) is 0 Å². The minimum Gasteiger partial charge on any atom is -0.309 e. The maximum atomic E-state index is 2.50. The van der Waals surface area contributed by atoms with E-state index in [1.807, 2.05) is 0 Å². The van der Waals surface area contributed by atoms with Crippen LogP contribution in [0.25, 0.3) is 71.6 Å². The van der Waals surface area contributed by atoms with E-state index in [2.05, 4.69) is 228 Å². The van der Waals surface area contributed by atoms with Crippen molar-refractivity contribution in [1.29, 1.82) is 0 Å². The summed E-state index contributed by atoms with van der Waals surface area (Å²) in [6.07, 6.45) is 0. The highest BCUT2D eigenvalue weighted by atomic mass is 15.2. The van der Waals surface area contributed by atoms with Gasteiger partial charge in [-0.05, 0) is 64.0 Å². The predicted molar refractivity (Wildman–Crippen MR) is 229 cm³/mol. The van der Waals surface area contributed by atoms with Crippen molar-refractivity contribution in [1.82, 2.24) is 4.57 Å². The van der Waals surface area contributed by atoms with Gasteiger partial charge in [0.15, 0.2) is 0 Å². The molecule has 54 heavy (non-hydrogen) atoms. The summed E-state index contributed by atoms with van der Waals surface area (Å²) < 4.78 is 2.45. The fraction of sp³-hybridized carbons (Fsp3) is 0. The SMILES string of the molecule is c1ccc(-c2ccccc2N(c2ccc(-c3ccccc3)c3ccccc23)c2cccc3c2c2ccccc2n3-c2ccccc2-c2ccccc2)cc1. The lowest BCUT2D eigenvalue weighted by molar-refractivity contribution is 1.18. The van der Waals surface area contributed by atoms with Crippen molar-refractivity contribution in [2.24, 2.45) is 0 Å². The lowest BCUT2D eigenvalue weighted by atomic mass is 9.95. The Kier molecular flexibility index (Phi) is 7.85. The first-order valence-electron chi connectivity index (χ1n) is 18.5. The molecule has 0 saturated carbocycles. The van der Waals surface area contributed by atoms with Gasteiger partial charge in [0.05, 0.1) is 33.8 Å². The second-order valence-corrected chi connectivity index (χ2v) is 13.7. The number of rotatable bonds is 7. The molecule has 0 amide bonds. The first-order valence-corrected chi connectivity index (χ1v) is 18.5. The van der Waals surface area contributed by atoms with Crippen LogP contribution in [0.2, 0.25) is 0 Å². The second kappa shape index (κ2) is 13.4. The molecule has 254 valence electrons. The molecule has 2 heteroatoms. The van der Waals surface area contributed by atoms with Gasteiger partial charge in [0.1, 0.15) is 0 Å². The smallest absolute Gasteiger partial charge is 0.0562 e. The maximum Gasteiger partial charge on any atom is 0.0562 e. The average molecular weight is 689 g/mol. The molecule has 2 nitrogen and oxygen atoms in total. The zero-order valence-corrected chi connectivity index (χ0v) is 29.7. The van der Waals surface area contributed by atoms with Crippen LogP contribution < -0.4 is 4.90 Å². The Morgan fingerprint density at radius 2 is 0.778 bits per heavy atom. The van der Waals surface area contributed by atoms with Crippen molar-refractivity contribution in [2.75, 3.05) is 4.90 Å². The highest BCUT2D eigenvalue weighted by molar-refractivity contribution is 6.18. The molecule has 9 aromatic carbocycles. The molecule has 0 N–H and O–H groups in total. The van der Waals surface area contributed by atoms with E-state index in [1.54, 1.807) is 0 Å². The fourth-order valence-electron chi connectivity index (χ4n) is 8.24. The van der Waals surface area contributed by atoms with Crippen LogP contribution in [-0.4, -0.2) is 4.57 Å². The number of nitrogens with zero attached hydrogens (tertiary/aromatic N) is 2. The Bertz CT molecular complexity index is 2930. The molecule has 0 saturated heterocycles. The molecule has 1 aromatic heterocycles. The van der Waals surface area contributed by atoms with Crippen molar-refractivity contribution < 1.29 is 0 Å². The summed E-state index contributed by atoms with van der Waals surface area (Å²) in [5, 5.41) is 4.82. The lowest BCUT2D eigenvalue weighted by Crippen LogP contribution is -2.12. The van der Waals surface area contributed by atoms with Crippen LogP contribution in [-0.2, 0) is 0 Å². The third-order valence-corrected chi connectivity index (χ3v) is 10.6.